The van der Waals surface area contributed by atoms with Crippen molar-refractivity contribution in [2.75, 3.05) is 0 Å². The maximum Gasteiger partial charge on any atom is 0.192 e. The van der Waals surface area contributed by atoms with E-state index in [9.17, 15) is 0 Å². The van der Waals surface area contributed by atoms with E-state index in [1.807, 2.05) is 19.1 Å². The summed E-state index contributed by atoms with van der Waals surface area (Å²) >= 11 is 0. The monoisotopic (exact) mass is 189 g/mol. The molecule has 2 nitrogen and oxygen atoms in total. The Hall–Kier alpha value is -1.31. The number of rotatable bonds is 0. The maximum absolute atomic E-state index is 5.61. The Morgan fingerprint density at radius 1 is 1.21 bits per heavy atom. The molecular weight excluding hydrogens is 174 g/mol. The van der Waals surface area contributed by atoms with Crippen LogP contribution in [0.2, 0.25) is 0 Å². The van der Waals surface area contributed by atoms with Crippen LogP contribution in [0.1, 0.15) is 32.2 Å². The van der Waals surface area contributed by atoms with Gasteiger partial charge in [-0.25, -0.2) is 4.98 Å². The fraction of sp³-hybridized carbons (Fsp3) is 0.417. The number of aryl methyl sites for hydroxylation is 1. The minimum atomic E-state index is 0.103. The number of benzene rings is 1. The first kappa shape index (κ1) is 9.25. The van der Waals surface area contributed by atoms with Crippen molar-refractivity contribution >= 4 is 11.1 Å². The molecule has 2 rings (SSSR count). The number of fused-ring (bicyclic) bond motifs is 1. The first-order valence-electron chi connectivity index (χ1n) is 4.85. The molecule has 14 heavy (non-hydrogen) atoms. The lowest BCUT2D eigenvalue weighted by Gasteiger charge is -2.18. The Bertz CT molecular complexity index is 463. The van der Waals surface area contributed by atoms with E-state index in [-0.39, 0.29) is 5.41 Å². The largest absolute Gasteiger partial charge is 0.441 e. The Labute approximate surface area is 84.0 Å². The normalized spacial score (nSPS) is 12.3. The highest BCUT2D eigenvalue weighted by molar-refractivity contribution is 5.77. The molecule has 1 aromatic carbocycles. The molecule has 0 saturated heterocycles. The first-order chi connectivity index (χ1) is 6.48. The van der Waals surface area contributed by atoms with Gasteiger partial charge in [0.2, 0.25) is 0 Å². The Kier molecular flexibility index (Phi) is 1.88. The Morgan fingerprint density at radius 2 is 1.93 bits per heavy atom. The SMILES string of the molecule is Cc1nc2cccc(C(C)(C)C)c2o1. The van der Waals surface area contributed by atoms with Gasteiger partial charge in [0, 0.05) is 12.5 Å². The fourth-order valence-corrected chi connectivity index (χ4v) is 1.65. The van der Waals surface area contributed by atoms with Gasteiger partial charge in [0.15, 0.2) is 11.5 Å². The predicted octanol–water partition coefficient (Wildman–Crippen LogP) is 3.43. The molecule has 2 aromatic rings. The summed E-state index contributed by atoms with van der Waals surface area (Å²) in [6, 6.07) is 6.12. The van der Waals surface area contributed by atoms with E-state index in [2.05, 4.69) is 31.8 Å². The summed E-state index contributed by atoms with van der Waals surface area (Å²) in [5, 5.41) is 0. The van der Waals surface area contributed by atoms with Crippen LogP contribution in [0.15, 0.2) is 22.6 Å². The summed E-state index contributed by atoms with van der Waals surface area (Å²) < 4.78 is 5.61. The molecule has 0 bridgehead atoms. The highest BCUT2D eigenvalue weighted by Crippen LogP contribution is 2.29. The second-order valence-electron chi connectivity index (χ2n) is 4.64. The van der Waals surface area contributed by atoms with Crippen molar-refractivity contribution < 1.29 is 4.42 Å². The molecule has 2 heteroatoms. The molecule has 0 aliphatic carbocycles. The van der Waals surface area contributed by atoms with Crippen molar-refractivity contribution in [1.29, 1.82) is 0 Å². The van der Waals surface area contributed by atoms with E-state index < -0.39 is 0 Å². The van der Waals surface area contributed by atoms with Gasteiger partial charge in [0.1, 0.15) is 5.52 Å². The van der Waals surface area contributed by atoms with Crippen molar-refractivity contribution in [3.63, 3.8) is 0 Å². The van der Waals surface area contributed by atoms with Gasteiger partial charge >= 0.3 is 0 Å². The molecule has 0 aliphatic heterocycles. The summed E-state index contributed by atoms with van der Waals surface area (Å²) in [5.74, 6) is 0.733. The minimum Gasteiger partial charge on any atom is -0.441 e. The van der Waals surface area contributed by atoms with Crippen molar-refractivity contribution in [3.05, 3.63) is 29.7 Å². The molecule has 0 unspecified atom stereocenters. The Balaban J connectivity index is 2.77. The average molecular weight is 189 g/mol. The number of para-hydroxylation sites is 1. The van der Waals surface area contributed by atoms with Crippen LogP contribution in [0.25, 0.3) is 11.1 Å². The fourth-order valence-electron chi connectivity index (χ4n) is 1.65. The molecule has 0 N–H and O–H groups in total. The Morgan fingerprint density at radius 3 is 2.57 bits per heavy atom. The van der Waals surface area contributed by atoms with E-state index in [0.29, 0.717) is 0 Å². The molecule has 1 heterocycles. The van der Waals surface area contributed by atoms with Gasteiger partial charge in [-0.3, -0.25) is 0 Å². The van der Waals surface area contributed by atoms with Crippen molar-refractivity contribution in [2.45, 2.75) is 33.1 Å². The van der Waals surface area contributed by atoms with E-state index in [4.69, 9.17) is 4.42 Å². The molecule has 0 fully saturated rings. The van der Waals surface area contributed by atoms with Crippen LogP contribution in [0.3, 0.4) is 0 Å². The van der Waals surface area contributed by atoms with Crippen LogP contribution < -0.4 is 0 Å². The highest BCUT2D eigenvalue weighted by Gasteiger charge is 2.19. The molecular formula is C12H15NO. The zero-order chi connectivity index (χ0) is 10.3. The lowest BCUT2D eigenvalue weighted by molar-refractivity contribution is 0.533. The lowest BCUT2D eigenvalue weighted by atomic mass is 9.86. The molecule has 74 valence electrons. The molecule has 0 saturated carbocycles. The number of aromatic nitrogens is 1. The zero-order valence-electron chi connectivity index (χ0n) is 9.09. The molecule has 1 aromatic heterocycles. The summed E-state index contributed by atoms with van der Waals surface area (Å²) in [4.78, 5) is 4.32. The standard InChI is InChI=1S/C12H15NO/c1-8-13-10-7-5-6-9(11(10)14-8)12(2,3)4/h5-7H,1-4H3. The predicted molar refractivity (Wildman–Crippen MR) is 57.4 cm³/mol. The van der Waals surface area contributed by atoms with Gasteiger partial charge in [-0.1, -0.05) is 32.9 Å². The van der Waals surface area contributed by atoms with Gasteiger partial charge in [0.05, 0.1) is 0 Å². The van der Waals surface area contributed by atoms with E-state index >= 15 is 0 Å². The maximum atomic E-state index is 5.61. The van der Waals surface area contributed by atoms with E-state index in [1.165, 1.54) is 5.56 Å². The summed E-state index contributed by atoms with van der Waals surface area (Å²) in [6.45, 7) is 8.42. The van der Waals surface area contributed by atoms with Gasteiger partial charge < -0.3 is 4.42 Å². The van der Waals surface area contributed by atoms with Crippen LogP contribution in [-0.4, -0.2) is 4.98 Å². The molecule has 0 spiro atoms. The zero-order valence-corrected chi connectivity index (χ0v) is 9.09. The third-order valence-electron chi connectivity index (χ3n) is 2.33. The number of oxazole rings is 1. The van der Waals surface area contributed by atoms with E-state index in [0.717, 1.165) is 17.0 Å². The number of nitrogens with zero attached hydrogens (tertiary/aromatic N) is 1. The van der Waals surface area contributed by atoms with E-state index in [1.54, 1.807) is 0 Å². The van der Waals surface area contributed by atoms with Crippen LogP contribution in [0.5, 0.6) is 0 Å². The van der Waals surface area contributed by atoms with Gasteiger partial charge in [-0.05, 0) is 11.5 Å². The smallest absolute Gasteiger partial charge is 0.192 e. The van der Waals surface area contributed by atoms with Gasteiger partial charge in [-0.15, -0.1) is 0 Å². The third-order valence-corrected chi connectivity index (χ3v) is 2.33. The van der Waals surface area contributed by atoms with Crippen molar-refractivity contribution in [2.24, 2.45) is 0 Å². The summed E-state index contributed by atoms with van der Waals surface area (Å²) in [6.07, 6.45) is 0. The second kappa shape index (κ2) is 2.84. The summed E-state index contributed by atoms with van der Waals surface area (Å²) in [7, 11) is 0. The molecule has 0 atom stereocenters. The third kappa shape index (κ3) is 1.41. The molecule has 0 aliphatic rings. The van der Waals surface area contributed by atoms with Gasteiger partial charge in [-0.2, -0.15) is 0 Å². The number of hydrogen-bond acceptors (Lipinski definition) is 2. The quantitative estimate of drug-likeness (QED) is 0.634. The van der Waals surface area contributed by atoms with Crippen LogP contribution >= 0.6 is 0 Å². The van der Waals surface area contributed by atoms with Crippen LogP contribution in [-0.2, 0) is 5.41 Å². The second-order valence-corrected chi connectivity index (χ2v) is 4.64. The minimum absolute atomic E-state index is 0.103. The first-order valence-corrected chi connectivity index (χ1v) is 4.85. The highest BCUT2D eigenvalue weighted by atomic mass is 16.3. The van der Waals surface area contributed by atoms with Crippen LogP contribution in [0.4, 0.5) is 0 Å². The lowest BCUT2D eigenvalue weighted by Crippen LogP contribution is -2.10. The summed E-state index contributed by atoms with van der Waals surface area (Å²) in [5.41, 5.74) is 3.20. The number of hydrogen-bond donors (Lipinski definition) is 0. The molecule has 0 amide bonds. The van der Waals surface area contributed by atoms with Crippen molar-refractivity contribution in [1.82, 2.24) is 4.98 Å². The van der Waals surface area contributed by atoms with Crippen molar-refractivity contribution in [3.8, 4) is 0 Å². The topological polar surface area (TPSA) is 26.0 Å². The van der Waals surface area contributed by atoms with Gasteiger partial charge in [0.25, 0.3) is 0 Å². The molecule has 0 radical (unpaired) electrons. The average Bonchev–Trinajstić information content (AvgIpc) is 2.41. The van der Waals surface area contributed by atoms with Crippen LogP contribution in [0, 0.1) is 6.92 Å².